The van der Waals surface area contributed by atoms with Crippen LogP contribution in [-0.2, 0) is 37.4 Å². The van der Waals surface area contributed by atoms with Gasteiger partial charge in [-0.2, -0.15) is 5.10 Å². The number of carbonyl (C=O) groups excluding carboxylic acids is 1. The Labute approximate surface area is 160 Å². The molecule has 1 aliphatic heterocycles. The first-order chi connectivity index (χ1) is 13.2. The molecule has 1 aliphatic carbocycles. The summed E-state index contributed by atoms with van der Waals surface area (Å²) in [5.41, 5.74) is 2.17. The Morgan fingerprint density at radius 1 is 1.26 bits per heavy atom. The Morgan fingerprint density at radius 3 is 2.89 bits per heavy atom. The highest BCUT2D eigenvalue weighted by Crippen LogP contribution is 2.25. The highest BCUT2D eigenvalue weighted by atomic mass is 16.3. The Morgan fingerprint density at radius 2 is 2.07 bits per heavy atom. The lowest BCUT2D eigenvalue weighted by atomic mass is 10.1. The van der Waals surface area contributed by atoms with E-state index < -0.39 is 0 Å². The standard InChI is InChI=1S/C21H30N4O2/c1-2-5-19-8-9-20(27-19)15-24-10-11-25-18(14-24)12-17(23-25)13-22-21(26)16-6-3-4-7-16/h8-9,12,16H,2-7,10-11,13-15H2,1H3,(H,22,26). The molecule has 2 aliphatic rings. The molecule has 1 N–H and O–H groups in total. The quantitative estimate of drug-likeness (QED) is 0.813. The summed E-state index contributed by atoms with van der Waals surface area (Å²) < 4.78 is 8.00. The molecule has 1 saturated carbocycles. The maximum absolute atomic E-state index is 12.2. The molecule has 27 heavy (non-hydrogen) atoms. The number of aromatic nitrogens is 2. The van der Waals surface area contributed by atoms with E-state index in [4.69, 9.17) is 4.42 Å². The summed E-state index contributed by atoms with van der Waals surface area (Å²) in [6.07, 6.45) is 6.55. The minimum atomic E-state index is 0.195. The van der Waals surface area contributed by atoms with Crippen molar-refractivity contribution in [3.05, 3.63) is 41.1 Å². The predicted molar refractivity (Wildman–Crippen MR) is 103 cm³/mol. The van der Waals surface area contributed by atoms with Crippen molar-refractivity contribution in [2.45, 2.75) is 71.6 Å². The maximum atomic E-state index is 12.2. The summed E-state index contributed by atoms with van der Waals surface area (Å²) in [5.74, 6) is 2.52. The van der Waals surface area contributed by atoms with Crippen LogP contribution in [0.2, 0.25) is 0 Å². The molecule has 0 radical (unpaired) electrons. The molecule has 0 saturated heterocycles. The second-order valence-corrected chi connectivity index (χ2v) is 7.88. The molecule has 0 unspecified atom stereocenters. The average Bonchev–Trinajstić information content (AvgIpc) is 3.40. The van der Waals surface area contributed by atoms with Crippen molar-refractivity contribution in [3.8, 4) is 0 Å². The highest BCUT2D eigenvalue weighted by Gasteiger charge is 2.23. The van der Waals surface area contributed by atoms with Crippen LogP contribution in [0.1, 0.15) is 61.9 Å². The lowest BCUT2D eigenvalue weighted by Gasteiger charge is -2.26. The third-order valence-electron chi connectivity index (χ3n) is 5.69. The lowest BCUT2D eigenvalue weighted by molar-refractivity contribution is -0.124. The van der Waals surface area contributed by atoms with Crippen LogP contribution >= 0.6 is 0 Å². The molecular weight excluding hydrogens is 340 g/mol. The van der Waals surface area contributed by atoms with Crippen LogP contribution in [-0.4, -0.2) is 27.1 Å². The maximum Gasteiger partial charge on any atom is 0.223 e. The molecule has 6 heteroatoms. The monoisotopic (exact) mass is 370 g/mol. The van der Waals surface area contributed by atoms with Gasteiger partial charge in [-0.3, -0.25) is 14.4 Å². The number of amides is 1. The molecular formula is C21H30N4O2. The van der Waals surface area contributed by atoms with Gasteiger partial charge in [-0.25, -0.2) is 0 Å². The van der Waals surface area contributed by atoms with E-state index in [0.29, 0.717) is 6.54 Å². The summed E-state index contributed by atoms with van der Waals surface area (Å²) in [5, 5.41) is 7.74. The first-order valence-corrected chi connectivity index (χ1v) is 10.3. The first kappa shape index (κ1) is 18.3. The highest BCUT2D eigenvalue weighted by molar-refractivity contribution is 5.78. The molecule has 1 fully saturated rings. The first-order valence-electron chi connectivity index (χ1n) is 10.3. The van der Waals surface area contributed by atoms with Gasteiger partial charge in [0.25, 0.3) is 0 Å². The number of aryl methyl sites for hydroxylation is 1. The number of fused-ring (bicyclic) bond motifs is 1. The van der Waals surface area contributed by atoms with E-state index in [9.17, 15) is 4.79 Å². The van der Waals surface area contributed by atoms with Crippen molar-refractivity contribution in [1.29, 1.82) is 0 Å². The summed E-state index contributed by atoms with van der Waals surface area (Å²) >= 11 is 0. The van der Waals surface area contributed by atoms with Crippen LogP contribution < -0.4 is 5.32 Å². The average molecular weight is 370 g/mol. The van der Waals surface area contributed by atoms with Crippen molar-refractivity contribution in [1.82, 2.24) is 20.0 Å². The third-order valence-corrected chi connectivity index (χ3v) is 5.69. The van der Waals surface area contributed by atoms with Gasteiger partial charge in [-0.1, -0.05) is 19.8 Å². The number of hydrogen-bond acceptors (Lipinski definition) is 4. The van der Waals surface area contributed by atoms with Gasteiger partial charge in [0.1, 0.15) is 11.5 Å². The number of nitrogens with one attached hydrogen (secondary N) is 1. The predicted octanol–water partition coefficient (Wildman–Crippen LogP) is 3.25. The third kappa shape index (κ3) is 4.43. The molecule has 1 amide bonds. The number of hydrogen-bond donors (Lipinski definition) is 1. The summed E-state index contributed by atoms with van der Waals surface area (Å²) in [7, 11) is 0. The van der Waals surface area contributed by atoms with Crippen molar-refractivity contribution >= 4 is 5.91 Å². The van der Waals surface area contributed by atoms with Gasteiger partial charge < -0.3 is 9.73 Å². The van der Waals surface area contributed by atoms with Gasteiger partial charge in [0.15, 0.2) is 0 Å². The van der Waals surface area contributed by atoms with Crippen molar-refractivity contribution in [3.63, 3.8) is 0 Å². The second-order valence-electron chi connectivity index (χ2n) is 7.88. The van der Waals surface area contributed by atoms with Crippen LogP contribution in [0.25, 0.3) is 0 Å². The van der Waals surface area contributed by atoms with Crippen LogP contribution in [0, 0.1) is 5.92 Å². The number of rotatable bonds is 7. The zero-order valence-corrected chi connectivity index (χ0v) is 16.2. The SMILES string of the molecule is CCCc1ccc(CN2CCn3nc(CNC(=O)C4CCCC4)cc3C2)o1. The summed E-state index contributed by atoms with van der Waals surface area (Å²) in [4.78, 5) is 14.6. The fraction of sp³-hybridized carbons (Fsp3) is 0.619. The van der Waals surface area contributed by atoms with E-state index in [1.54, 1.807) is 0 Å². The zero-order valence-electron chi connectivity index (χ0n) is 16.2. The lowest BCUT2D eigenvalue weighted by Crippen LogP contribution is -2.33. The van der Waals surface area contributed by atoms with Crippen LogP contribution in [0.15, 0.2) is 22.6 Å². The van der Waals surface area contributed by atoms with Crippen LogP contribution in [0.4, 0.5) is 0 Å². The molecule has 4 rings (SSSR count). The molecule has 3 heterocycles. The normalized spacial score (nSPS) is 18.0. The summed E-state index contributed by atoms with van der Waals surface area (Å²) in [6.45, 7) is 6.26. The fourth-order valence-electron chi connectivity index (χ4n) is 4.22. The van der Waals surface area contributed by atoms with E-state index in [0.717, 1.165) is 69.1 Å². The van der Waals surface area contributed by atoms with Gasteiger partial charge >= 0.3 is 0 Å². The van der Waals surface area contributed by atoms with Gasteiger partial charge in [0.2, 0.25) is 5.91 Å². The van der Waals surface area contributed by atoms with Crippen molar-refractivity contribution < 1.29 is 9.21 Å². The van der Waals surface area contributed by atoms with Gasteiger partial charge in [0.05, 0.1) is 31.0 Å². The van der Waals surface area contributed by atoms with E-state index in [-0.39, 0.29) is 11.8 Å². The molecule has 0 atom stereocenters. The largest absolute Gasteiger partial charge is 0.465 e. The molecule has 6 nitrogen and oxygen atoms in total. The number of furan rings is 1. The Kier molecular flexibility index (Phi) is 5.62. The zero-order chi connectivity index (χ0) is 18.6. The molecule has 0 aromatic carbocycles. The second kappa shape index (κ2) is 8.30. The van der Waals surface area contributed by atoms with E-state index >= 15 is 0 Å². The van der Waals surface area contributed by atoms with Crippen molar-refractivity contribution in [2.24, 2.45) is 5.92 Å². The molecule has 2 aromatic heterocycles. The minimum absolute atomic E-state index is 0.195. The summed E-state index contributed by atoms with van der Waals surface area (Å²) in [6, 6.07) is 6.32. The topological polar surface area (TPSA) is 63.3 Å². The fourth-order valence-corrected chi connectivity index (χ4v) is 4.22. The molecule has 146 valence electrons. The Hall–Kier alpha value is -2.08. The van der Waals surface area contributed by atoms with Crippen LogP contribution in [0.5, 0.6) is 0 Å². The van der Waals surface area contributed by atoms with E-state index in [2.05, 4.69) is 45.1 Å². The minimum Gasteiger partial charge on any atom is -0.465 e. The Bertz CT molecular complexity index is 773. The number of nitrogens with zero attached hydrogens (tertiary/aromatic N) is 3. The molecule has 0 bridgehead atoms. The van der Waals surface area contributed by atoms with E-state index in [1.807, 2.05) is 0 Å². The molecule has 2 aromatic rings. The van der Waals surface area contributed by atoms with Gasteiger partial charge in [-0.05, 0) is 37.5 Å². The molecule has 0 spiro atoms. The van der Waals surface area contributed by atoms with E-state index in [1.165, 1.54) is 18.5 Å². The Balaban J connectivity index is 1.31. The van der Waals surface area contributed by atoms with Crippen LogP contribution in [0.3, 0.4) is 0 Å². The smallest absolute Gasteiger partial charge is 0.223 e. The number of carbonyl (C=O) groups is 1. The van der Waals surface area contributed by atoms with Crippen molar-refractivity contribution in [2.75, 3.05) is 6.54 Å². The van der Waals surface area contributed by atoms with Gasteiger partial charge in [-0.15, -0.1) is 0 Å². The van der Waals surface area contributed by atoms with Gasteiger partial charge in [0, 0.05) is 25.4 Å².